The van der Waals surface area contributed by atoms with E-state index >= 15 is 0 Å². The highest BCUT2D eigenvalue weighted by molar-refractivity contribution is 5.98. The Morgan fingerprint density at radius 1 is 1.25 bits per heavy atom. The number of rotatable bonds is 4. The number of hydrogen-bond donors (Lipinski definition) is 2. The second-order valence-electron chi connectivity index (χ2n) is 4.94. The van der Waals surface area contributed by atoms with Crippen molar-refractivity contribution < 1.29 is 32.3 Å². The van der Waals surface area contributed by atoms with Gasteiger partial charge in [-0.1, -0.05) is 18.2 Å². The van der Waals surface area contributed by atoms with E-state index in [0.29, 0.717) is 12.0 Å². The minimum Gasteiger partial charge on any atom is -0.440 e. The molecule has 0 unspecified atom stereocenters. The highest BCUT2D eigenvalue weighted by Crippen LogP contribution is 2.17. The van der Waals surface area contributed by atoms with Gasteiger partial charge in [0.2, 0.25) is 0 Å². The standard InChI is InChI=1S/C14H14F3N3O4/c15-14(16,17)8-24-13(23)18-7-11(21)19-20-6-5-9-3-1-2-4-10(9)12(20)22/h1-4H,5-8H2,(H,18,23)(H,19,21). The van der Waals surface area contributed by atoms with Crippen molar-refractivity contribution in [3.63, 3.8) is 0 Å². The fraction of sp³-hybridized carbons (Fsp3) is 0.357. The van der Waals surface area contributed by atoms with Crippen LogP contribution in [0.25, 0.3) is 0 Å². The summed E-state index contributed by atoms with van der Waals surface area (Å²) in [5, 5.41) is 2.96. The van der Waals surface area contributed by atoms with Gasteiger partial charge in [0.1, 0.15) is 6.54 Å². The van der Waals surface area contributed by atoms with Gasteiger partial charge in [0.15, 0.2) is 6.61 Å². The minimum absolute atomic E-state index is 0.250. The molecule has 3 amide bonds. The molecule has 0 saturated carbocycles. The number of alkyl halides is 3. The highest BCUT2D eigenvalue weighted by atomic mass is 19.4. The third kappa shape index (κ3) is 4.86. The van der Waals surface area contributed by atoms with Crippen LogP contribution in [-0.2, 0) is 16.0 Å². The Morgan fingerprint density at radius 2 is 1.96 bits per heavy atom. The van der Waals surface area contributed by atoms with Gasteiger partial charge in [0.05, 0.1) is 0 Å². The van der Waals surface area contributed by atoms with Crippen molar-refractivity contribution in [3.8, 4) is 0 Å². The number of hydrazine groups is 1. The lowest BCUT2D eigenvalue weighted by Crippen LogP contribution is -2.52. The number of ether oxygens (including phenoxy) is 1. The molecule has 0 aromatic heterocycles. The summed E-state index contributed by atoms with van der Waals surface area (Å²) in [5.74, 6) is -1.16. The van der Waals surface area contributed by atoms with Crippen molar-refractivity contribution in [1.82, 2.24) is 15.8 Å². The van der Waals surface area contributed by atoms with Crippen molar-refractivity contribution in [2.24, 2.45) is 0 Å². The summed E-state index contributed by atoms with van der Waals surface area (Å²) in [6.45, 7) is -2.12. The molecular weight excluding hydrogens is 331 g/mol. The number of benzene rings is 1. The molecule has 1 aliphatic rings. The van der Waals surface area contributed by atoms with Crippen molar-refractivity contribution >= 4 is 17.9 Å². The van der Waals surface area contributed by atoms with E-state index in [9.17, 15) is 27.6 Å². The smallest absolute Gasteiger partial charge is 0.422 e. The van der Waals surface area contributed by atoms with Crippen LogP contribution in [0.3, 0.4) is 0 Å². The maximum absolute atomic E-state index is 12.2. The second kappa shape index (κ2) is 7.20. The van der Waals surface area contributed by atoms with Crippen LogP contribution in [0.2, 0.25) is 0 Å². The van der Waals surface area contributed by atoms with Gasteiger partial charge in [0, 0.05) is 12.1 Å². The summed E-state index contributed by atoms with van der Waals surface area (Å²) in [6.07, 6.45) is -5.48. The first-order chi connectivity index (χ1) is 11.3. The number of carbonyl (C=O) groups excluding carboxylic acids is 3. The van der Waals surface area contributed by atoms with Gasteiger partial charge < -0.3 is 10.1 Å². The Morgan fingerprint density at radius 3 is 2.67 bits per heavy atom. The normalized spacial score (nSPS) is 14.0. The van der Waals surface area contributed by atoms with E-state index in [1.807, 2.05) is 11.4 Å². The fourth-order valence-electron chi connectivity index (χ4n) is 2.07. The highest BCUT2D eigenvalue weighted by Gasteiger charge is 2.30. The zero-order chi connectivity index (χ0) is 17.7. The topological polar surface area (TPSA) is 87.7 Å². The van der Waals surface area contributed by atoms with Crippen molar-refractivity contribution in [3.05, 3.63) is 35.4 Å². The molecule has 1 heterocycles. The van der Waals surface area contributed by atoms with Crippen LogP contribution >= 0.6 is 0 Å². The second-order valence-corrected chi connectivity index (χ2v) is 4.94. The number of carbonyl (C=O) groups is 3. The first kappa shape index (κ1) is 17.6. The Hall–Kier alpha value is -2.78. The molecule has 0 fully saturated rings. The molecule has 0 atom stereocenters. The Bertz CT molecular complexity index is 648. The summed E-state index contributed by atoms with van der Waals surface area (Å²) in [6, 6.07) is 6.93. The van der Waals surface area contributed by atoms with E-state index in [4.69, 9.17) is 0 Å². The van der Waals surface area contributed by atoms with E-state index < -0.39 is 37.2 Å². The van der Waals surface area contributed by atoms with Gasteiger partial charge in [-0.05, 0) is 18.1 Å². The van der Waals surface area contributed by atoms with Gasteiger partial charge in [-0.2, -0.15) is 13.2 Å². The molecule has 1 aliphatic heterocycles. The molecule has 2 N–H and O–H groups in total. The lowest BCUT2D eigenvalue weighted by Gasteiger charge is -2.28. The van der Waals surface area contributed by atoms with E-state index in [1.165, 1.54) is 0 Å². The zero-order valence-corrected chi connectivity index (χ0v) is 12.4. The zero-order valence-electron chi connectivity index (χ0n) is 12.4. The maximum atomic E-state index is 12.2. The number of nitrogens with one attached hydrogen (secondary N) is 2. The summed E-state index contributed by atoms with van der Waals surface area (Å²) in [4.78, 5) is 34.9. The Kier molecular flexibility index (Phi) is 5.27. The van der Waals surface area contributed by atoms with Crippen LogP contribution in [0.5, 0.6) is 0 Å². The predicted octanol–water partition coefficient (Wildman–Crippen LogP) is 1.00. The lowest BCUT2D eigenvalue weighted by atomic mass is 10.0. The SMILES string of the molecule is O=C(CNC(=O)OCC(F)(F)F)NN1CCc2ccccc2C1=O. The van der Waals surface area contributed by atoms with Gasteiger partial charge >= 0.3 is 12.3 Å². The molecule has 0 aliphatic carbocycles. The van der Waals surface area contributed by atoms with Gasteiger partial charge in [-0.15, -0.1) is 0 Å². The van der Waals surface area contributed by atoms with Crippen molar-refractivity contribution in [2.45, 2.75) is 12.6 Å². The molecule has 1 aromatic rings. The molecule has 0 spiro atoms. The minimum atomic E-state index is -4.65. The summed E-state index contributed by atoms with van der Waals surface area (Å²) >= 11 is 0. The number of hydrogen-bond acceptors (Lipinski definition) is 4. The number of alkyl carbamates (subject to hydrolysis) is 1. The van der Waals surface area contributed by atoms with Crippen LogP contribution in [0.15, 0.2) is 24.3 Å². The molecule has 2 rings (SSSR count). The van der Waals surface area contributed by atoms with Crippen LogP contribution in [-0.4, -0.2) is 48.8 Å². The molecule has 130 valence electrons. The summed E-state index contributed by atoms with van der Waals surface area (Å²) in [7, 11) is 0. The number of amides is 3. The van der Waals surface area contributed by atoms with Gasteiger partial charge in [-0.25, -0.2) is 9.80 Å². The molecule has 0 bridgehead atoms. The monoisotopic (exact) mass is 345 g/mol. The first-order valence-corrected chi connectivity index (χ1v) is 6.93. The van der Waals surface area contributed by atoms with Crippen LogP contribution in [0, 0.1) is 0 Å². The lowest BCUT2D eigenvalue weighted by molar-refractivity contribution is -0.160. The molecular formula is C14H14F3N3O4. The largest absolute Gasteiger partial charge is 0.440 e. The number of fused-ring (bicyclic) bond motifs is 1. The van der Waals surface area contributed by atoms with Crippen LogP contribution in [0.4, 0.5) is 18.0 Å². The molecule has 0 radical (unpaired) electrons. The Labute approximate surface area is 134 Å². The summed E-state index contributed by atoms with van der Waals surface area (Å²) in [5.41, 5.74) is 3.61. The molecule has 1 aromatic carbocycles. The first-order valence-electron chi connectivity index (χ1n) is 6.93. The predicted molar refractivity (Wildman–Crippen MR) is 74.7 cm³/mol. The van der Waals surface area contributed by atoms with E-state index in [1.54, 1.807) is 18.2 Å². The Balaban J connectivity index is 1.79. The van der Waals surface area contributed by atoms with E-state index in [0.717, 1.165) is 10.6 Å². The third-order valence-electron chi connectivity index (χ3n) is 3.12. The molecule has 10 heteroatoms. The van der Waals surface area contributed by atoms with Gasteiger partial charge in [0.25, 0.3) is 11.8 Å². The summed E-state index contributed by atoms with van der Waals surface area (Å²) < 4.78 is 39.5. The number of nitrogens with zero attached hydrogens (tertiary/aromatic N) is 1. The molecule has 0 saturated heterocycles. The number of halogens is 3. The third-order valence-corrected chi connectivity index (χ3v) is 3.12. The van der Waals surface area contributed by atoms with Gasteiger partial charge in [-0.3, -0.25) is 15.0 Å². The quantitative estimate of drug-likeness (QED) is 0.852. The van der Waals surface area contributed by atoms with Crippen LogP contribution < -0.4 is 10.7 Å². The maximum Gasteiger partial charge on any atom is 0.422 e. The van der Waals surface area contributed by atoms with E-state index in [2.05, 4.69) is 10.2 Å². The molecule has 7 nitrogen and oxygen atoms in total. The average molecular weight is 345 g/mol. The van der Waals surface area contributed by atoms with E-state index in [-0.39, 0.29) is 6.54 Å². The van der Waals surface area contributed by atoms with Crippen molar-refractivity contribution in [2.75, 3.05) is 19.7 Å². The molecule has 24 heavy (non-hydrogen) atoms. The average Bonchev–Trinajstić information content (AvgIpc) is 2.53. The fourth-order valence-corrected chi connectivity index (χ4v) is 2.07. The van der Waals surface area contributed by atoms with Crippen LogP contribution in [0.1, 0.15) is 15.9 Å². The van der Waals surface area contributed by atoms with Crippen molar-refractivity contribution in [1.29, 1.82) is 0 Å².